The molecule has 2 heterocycles. The van der Waals surface area contributed by atoms with Crippen molar-refractivity contribution < 1.29 is 4.79 Å². The molecule has 2 aromatic carbocycles. The van der Waals surface area contributed by atoms with E-state index in [2.05, 4.69) is 26.2 Å². The van der Waals surface area contributed by atoms with E-state index in [0.717, 1.165) is 21.1 Å². The SMILES string of the molecule is CCn1c(SCC(=O)Nc2ccc(Br)cc2)nc2c([nH]c3ccccc32)c1=O. The number of carbonyl (C=O) groups excluding carboxylic acids is 1. The van der Waals surface area contributed by atoms with Crippen LogP contribution in [0.1, 0.15) is 6.92 Å². The third-order valence-corrected chi connectivity index (χ3v) is 5.86. The number of aromatic nitrogens is 3. The van der Waals surface area contributed by atoms with Crippen LogP contribution in [0.4, 0.5) is 5.69 Å². The topological polar surface area (TPSA) is 79.8 Å². The summed E-state index contributed by atoms with van der Waals surface area (Å²) in [6, 6.07) is 15.1. The number of halogens is 1. The van der Waals surface area contributed by atoms with E-state index in [4.69, 9.17) is 4.98 Å². The fraction of sp³-hybridized carbons (Fsp3) is 0.150. The number of nitrogens with one attached hydrogen (secondary N) is 2. The third kappa shape index (κ3) is 3.57. The van der Waals surface area contributed by atoms with Crippen LogP contribution >= 0.6 is 27.7 Å². The predicted molar refractivity (Wildman–Crippen MR) is 117 cm³/mol. The van der Waals surface area contributed by atoms with E-state index < -0.39 is 0 Å². The Labute approximate surface area is 173 Å². The molecule has 2 aromatic heterocycles. The van der Waals surface area contributed by atoms with Crippen LogP contribution in [-0.2, 0) is 11.3 Å². The van der Waals surface area contributed by atoms with Crippen molar-refractivity contribution in [2.45, 2.75) is 18.6 Å². The number of amides is 1. The Morgan fingerprint density at radius 3 is 2.71 bits per heavy atom. The summed E-state index contributed by atoms with van der Waals surface area (Å²) in [4.78, 5) is 33.1. The van der Waals surface area contributed by atoms with Crippen LogP contribution in [0.15, 0.2) is 63.0 Å². The van der Waals surface area contributed by atoms with E-state index in [1.54, 1.807) is 4.57 Å². The second-order valence-corrected chi connectivity index (χ2v) is 8.04. The number of thioether (sulfide) groups is 1. The average Bonchev–Trinajstić information content (AvgIpc) is 3.07. The third-order valence-electron chi connectivity index (χ3n) is 4.35. The van der Waals surface area contributed by atoms with Crippen molar-refractivity contribution in [2.24, 2.45) is 0 Å². The number of para-hydroxylation sites is 1. The van der Waals surface area contributed by atoms with Crippen LogP contribution in [0.2, 0.25) is 0 Å². The standard InChI is InChI=1S/C20H17BrN4O2S/c1-2-25-19(27)18-17(14-5-3-4-6-15(14)23-18)24-20(25)28-11-16(26)22-13-9-7-12(21)8-10-13/h3-10,23H,2,11H2,1H3,(H,22,26). The highest BCUT2D eigenvalue weighted by molar-refractivity contribution is 9.10. The number of anilines is 1. The molecule has 0 saturated carbocycles. The van der Waals surface area contributed by atoms with Gasteiger partial charge >= 0.3 is 0 Å². The van der Waals surface area contributed by atoms with Gasteiger partial charge in [-0.3, -0.25) is 14.2 Å². The van der Waals surface area contributed by atoms with Crippen LogP contribution in [0.25, 0.3) is 21.9 Å². The minimum absolute atomic E-state index is 0.125. The van der Waals surface area contributed by atoms with Gasteiger partial charge in [-0.1, -0.05) is 45.9 Å². The zero-order valence-corrected chi connectivity index (χ0v) is 17.4. The molecule has 142 valence electrons. The summed E-state index contributed by atoms with van der Waals surface area (Å²) < 4.78 is 2.54. The lowest BCUT2D eigenvalue weighted by Crippen LogP contribution is -2.23. The number of nitrogens with zero attached hydrogens (tertiary/aromatic N) is 2. The number of benzene rings is 2. The van der Waals surface area contributed by atoms with Crippen molar-refractivity contribution in [3.8, 4) is 0 Å². The minimum atomic E-state index is -0.150. The molecule has 4 aromatic rings. The zero-order valence-electron chi connectivity index (χ0n) is 15.0. The van der Waals surface area contributed by atoms with E-state index in [0.29, 0.717) is 22.7 Å². The van der Waals surface area contributed by atoms with E-state index in [1.807, 2.05) is 55.5 Å². The number of carbonyl (C=O) groups is 1. The Balaban J connectivity index is 1.62. The summed E-state index contributed by atoms with van der Waals surface area (Å²) >= 11 is 4.63. The van der Waals surface area contributed by atoms with Gasteiger partial charge in [0.25, 0.3) is 5.56 Å². The molecular weight excluding hydrogens is 440 g/mol. The molecule has 0 aliphatic rings. The first-order chi connectivity index (χ1) is 13.6. The van der Waals surface area contributed by atoms with Gasteiger partial charge in [-0.15, -0.1) is 0 Å². The lowest BCUT2D eigenvalue weighted by molar-refractivity contribution is -0.113. The van der Waals surface area contributed by atoms with Gasteiger partial charge in [0.2, 0.25) is 5.91 Å². The average molecular weight is 457 g/mol. The van der Waals surface area contributed by atoms with Gasteiger partial charge in [0.15, 0.2) is 5.16 Å². The van der Waals surface area contributed by atoms with Crippen molar-refractivity contribution in [1.29, 1.82) is 0 Å². The van der Waals surface area contributed by atoms with Crippen molar-refractivity contribution in [3.63, 3.8) is 0 Å². The van der Waals surface area contributed by atoms with Gasteiger partial charge in [0.1, 0.15) is 11.0 Å². The van der Waals surface area contributed by atoms with E-state index in [9.17, 15) is 9.59 Å². The summed E-state index contributed by atoms with van der Waals surface area (Å²) in [5.74, 6) is 0.0133. The van der Waals surface area contributed by atoms with Gasteiger partial charge in [-0.25, -0.2) is 4.98 Å². The van der Waals surface area contributed by atoms with Gasteiger partial charge in [0, 0.05) is 27.6 Å². The first-order valence-electron chi connectivity index (χ1n) is 8.76. The normalized spacial score (nSPS) is 11.2. The molecule has 0 aliphatic heterocycles. The van der Waals surface area contributed by atoms with E-state index in [1.165, 1.54) is 11.8 Å². The van der Waals surface area contributed by atoms with Crippen molar-refractivity contribution in [2.75, 3.05) is 11.1 Å². The molecule has 0 bridgehead atoms. The predicted octanol–water partition coefficient (Wildman–Crippen LogP) is 4.39. The number of rotatable bonds is 5. The summed E-state index contributed by atoms with van der Waals surface area (Å²) in [6.45, 7) is 2.37. The second kappa shape index (κ2) is 7.81. The van der Waals surface area contributed by atoms with Crippen molar-refractivity contribution in [3.05, 3.63) is 63.4 Å². The first kappa shape index (κ1) is 18.8. The number of aromatic amines is 1. The molecule has 0 saturated heterocycles. The number of fused-ring (bicyclic) bond motifs is 3. The van der Waals surface area contributed by atoms with Crippen molar-refractivity contribution >= 4 is 61.2 Å². The van der Waals surface area contributed by atoms with Crippen LogP contribution in [0, 0.1) is 0 Å². The number of hydrogen-bond acceptors (Lipinski definition) is 4. The molecule has 0 unspecified atom stereocenters. The maximum Gasteiger partial charge on any atom is 0.278 e. The summed E-state index contributed by atoms with van der Waals surface area (Å²) in [5, 5.41) is 4.29. The summed E-state index contributed by atoms with van der Waals surface area (Å²) in [7, 11) is 0. The van der Waals surface area contributed by atoms with E-state index in [-0.39, 0.29) is 17.2 Å². The highest BCUT2D eigenvalue weighted by Crippen LogP contribution is 2.24. The molecule has 8 heteroatoms. The molecule has 0 fully saturated rings. The Morgan fingerprint density at radius 2 is 1.96 bits per heavy atom. The minimum Gasteiger partial charge on any atom is -0.349 e. The Kier molecular flexibility index (Phi) is 5.23. The Bertz CT molecular complexity index is 1230. The Hall–Kier alpha value is -2.58. The molecule has 2 N–H and O–H groups in total. The fourth-order valence-corrected chi connectivity index (χ4v) is 4.15. The second-order valence-electron chi connectivity index (χ2n) is 6.18. The maximum atomic E-state index is 12.9. The molecular formula is C20H17BrN4O2S. The quantitative estimate of drug-likeness (QED) is 0.344. The maximum absolute atomic E-state index is 12.9. The highest BCUT2D eigenvalue weighted by atomic mass is 79.9. The monoisotopic (exact) mass is 456 g/mol. The van der Waals surface area contributed by atoms with Crippen molar-refractivity contribution in [1.82, 2.24) is 14.5 Å². The molecule has 6 nitrogen and oxygen atoms in total. The van der Waals surface area contributed by atoms with Gasteiger partial charge in [-0.05, 0) is 37.3 Å². The molecule has 1 amide bonds. The highest BCUT2D eigenvalue weighted by Gasteiger charge is 2.16. The largest absolute Gasteiger partial charge is 0.349 e. The Morgan fingerprint density at radius 1 is 1.21 bits per heavy atom. The van der Waals surface area contributed by atoms with Crippen LogP contribution in [0.3, 0.4) is 0 Å². The van der Waals surface area contributed by atoms with Crippen LogP contribution in [-0.4, -0.2) is 26.2 Å². The molecule has 0 radical (unpaired) electrons. The summed E-state index contributed by atoms with van der Waals surface area (Å²) in [6.07, 6.45) is 0. The van der Waals surface area contributed by atoms with Crippen LogP contribution < -0.4 is 10.9 Å². The molecule has 0 aliphatic carbocycles. The van der Waals surface area contributed by atoms with Crippen LogP contribution in [0.5, 0.6) is 0 Å². The molecule has 0 atom stereocenters. The number of hydrogen-bond donors (Lipinski definition) is 2. The van der Waals surface area contributed by atoms with Gasteiger partial charge in [-0.2, -0.15) is 0 Å². The van der Waals surface area contributed by atoms with Gasteiger partial charge < -0.3 is 10.3 Å². The fourth-order valence-electron chi connectivity index (χ4n) is 3.03. The smallest absolute Gasteiger partial charge is 0.278 e. The molecule has 28 heavy (non-hydrogen) atoms. The zero-order chi connectivity index (χ0) is 19.7. The first-order valence-corrected chi connectivity index (χ1v) is 10.5. The van der Waals surface area contributed by atoms with E-state index >= 15 is 0 Å². The lowest BCUT2D eigenvalue weighted by atomic mass is 10.2. The molecule has 4 rings (SSSR count). The lowest BCUT2D eigenvalue weighted by Gasteiger charge is -2.10. The number of H-pyrrole nitrogens is 1. The summed E-state index contributed by atoms with van der Waals surface area (Å²) in [5.41, 5.74) is 2.61. The van der Waals surface area contributed by atoms with Gasteiger partial charge in [0.05, 0.1) is 5.75 Å². The molecule has 0 spiro atoms.